The van der Waals surface area contributed by atoms with E-state index in [9.17, 15) is 0 Å². The third-order valence-electron chi connectivity index (χ3n) is 3.09. The summed E-state index contributed by atoms with van der Waals surface area (Å²) < 4.78 is 0. The molecule has 1 aliphatic rings. The molecule has 0 aromatic heterocycles. The lowest BCUT2D eigenvalue weighted by Gasteiger charge is -2.33. The van der Waals surface area contributed by atoms with E-state index in [1.165, 1.54) is 18.5 Å². The van der Waals surface area contributed by atoms with Crippen LogP contribution >= 0.6 is 36.4 Å². The zero-order valence-corrected chi connectivity index (χ0v) is 12.2. The maximum Gasteiger partial charge on any atom is 0.0407 e. The third kappa shape index (κ3) is 4.55. The smallest absolute Gasteiger partial charge is 0.0407 e. The minimum atomic E-state index is 0. The second kappa shape index (κ2) is 8.04. The van der Waals surface area contributed by atoms with Crippen molar-refractivity contribution in [3.05, 3.63) is 29.3 Å². The van der Waals surface area contributed by atoms with E-state index >= 15 is 0 Å². The third-order valence-corrected chi connectivity index (χ3v) is 3.35. The molecular formula is C12H19Cl3N2. The normalized spacial score (nSPS) is 16.0. The van der Waals surface area contributed by atoms with Crippen LogP contribution in [0.4, 0.5) is 5.69 Å². The number of anilines is 1. The summed E-state index contributed by atoms with van der Waals surface area (Å²) in [5, 5.41) is 4.15. The second-order valence-corrected chi connectivity index (χ2v) is 4.46. The van der Waals surface area contributed by atoms with Gasteiger partial charge in [0.05, 0.1) is 0 Å². The number of benzene rings is 1. The predicted molar refractivity (Wildman–Crippen MR) is 80.2 cm³/mol. The molecule has 1 aliphatic heterocycles. The molecule has 1 aromatic carbocycles. The van der Waals surface area contributed by atoms with Crippen molar-refractivity contribution in [2.45, 2.75) is 18.9 Å². The molecule has 0 atom stereocenters. The molecule has 2 rings (SSSR count). The molecule has 0 aliphatic carbocycles. The van der Waals surface area contributed by atoms with Crippen molar-refractivity contribution >= 4 is 42.1 Å². The van der Waals surface area contributed by atoms with E-state index in [-0.39, 0.29) is 24.8 Å². The fourth-order valence-electron chi connectivity index (χ4n) is 2.08. The molecule has 0 radical (unpaired) electrons. The monoisotopic (exact) mass is 296 g/mol. The molecule has 0 saturated carbocycles. The molecule has 1 heterocycles. The molecule has 1 fully saturated rings. The highest BCUT2D eigenvalue weighted by Crippen LogP contribution is 2.21. The van der Waals surface area contributed by atoms with Gasteiger partial charge in [-0.25, -0.2) is 0 Å². The molecule has 2 nitrogen and oxygen atoms in total. The van der Waals surface area contributed by atoms with Gasteiger partial charge in [-0.15, -0.1) is 24.8 Å². The Kier molecular flexibility index (Phi) is 7.97. The van der Waals surface area contributed by atoms with Crippen LogP contribution in [0.25, 0.3) is 0 Å². The first kappa shape index (κ1) is 16.9. The Hall–Kier alpha value is -0.150. The van der Waals surface area contributed by atoms with Gasteiger partial charge < -0.3 is 10.2 Å². The largest absolute Gasteiger partial charge is 0.371 e. The van der Waals surface area contributed by atoms with Crippen LogP contribution in [0.2, 0.25) is 5.02 Å². The number of nitrogens with zero attached hydrogens (tertiary/aromatic N) is 1. The maximum absolute atomic E-state index is 5.87. The van der Waals surface area contributed by atoms with Crippen LogP contribution in [0.5, 0.6) is 0 Å². The van der Waals surface area contributed by atoms with Crippen molar-refractivity contribution in [2.75, 3.05) is 25.0 Å². The zero-order chi connectivity index (χ0) is 10.7. The maximum atomic E-state index is 5.87. The van der Waals surface area contributed by atoms with E-state index in [1.807, 2.05) is 19.2 Å². The number of hydrogen-bond acceptors (Lipinski definition) is 2. The van der Waals surface area contributed by atoms with E-state index < -0.39 is 0 Å². The van der Waals surface area contributed by atoms with E-state index in [0.29, 0.717) is 6.04 Å². The van der Waals surface area contributed by atoms with Crippen LogP contribution in [0.3, 0.4) is 0 Å². The Morgan fingerprint density at radius 3 is 2.12 bits per heavy atom. The summed E-state index contributed by atoms with van der Waals surface area (Å²) in [5.41, 5.74) is 1.29. The molecular weight excluding hydrogens is 279 g/mol. The molecule has 0 unspecified atom stereocenters. The van der Waals surface area contributed by atoms with Crippen LogP contribution < -0.4 is 10.2 Å². The topological polar surface area (TPSA) is 15.3 Å². The van der Waals surface area contributed by atoms with E-state index in [1.54, 1.807) is 0 Å². The first-order valence-electron chi connectivity index (χ1n) is 5.47. The molecule has 0 spiro atoms. The van der Waals surface area contributed by atoms with Gasteiger partial charge >= 0.3 is 0 Å². The van der Waals surface area contributed by atoms with Crippen molar-refractivity contribution in [2.24, 2.45) is 0 Å². The van der Waals surface area contributed by atoms with Crippen LogP contribution in [0.15, 0.2) is 24.3 Å². The number of hydrogen-bond donors (Lipinski definition) is 1. The average molecular weight is 298 g/mol. The number of piperidine rings is 1. The van der Waals surface area contributed by atoms with Crippen molar-refractivity contribution in [3.8, 4) is 0 Å². The van der Waals surface area contributed by atoms with Gasteiger partial charge in [0.25, 0.3) is 0 Å². The van der Waals surface area contributed by atoms with Crippen LogP contribution in [-0.4, -0.2) is 26.2 Å². The van der Waals surface area contributed by atoms with Crippen molar-refractivity contribution < 1.29 is 0 Å². The molecule has 1 saturated heterocycles. The molecule has 0 amide bonds. The minimum Gasteiger partial charge on any atom is -0.371 e. The van der Waals surface area contributed by atoms with Gasteiger partial charge in [-0.2, -0.15) is 0 Å². The van der Waals surface area contributed by atoms with Gasteiger partial charge in [-0.05, 0) is 44.2 Å². The van der Waals surface area contributed by atoms with Crippen molar-refractivity contribution in [1.29, 1.82) is 0 Å². The Bertz CT molecular complexity index is 308. The van der Waals surface area contributed by atoms with E-state index in [0.717, 1.165) is 18.1 Å². The summed E-state index contributed by atoms with van der Waals surface area (Å²) in [4.78, 5) is 2.42. The highest BCUT2D eigenvalue weighted by atomic mass is 35.5. The van der Waals surface area contributed by atoms with Crippen LogP contribution in [0.1, 0.15) is 12.8 Å². The van der Waals surface area contributed by atoms with Gasteiger partial charge in [-0.1, -0.05) is 11.6 Å². The minimum absolute atomic E-state index is 0. The van der Waals surface area contributed by atoms with Gasteiger partial charge in [0.15, 0.2) is 0 Å². The Balaban J connectivity index is 0.00000128. The zero-order valence-electron chi connectivity index (χ0n) is 9.86. The summed E-state index contributed by atoms with van der Waals surface area (Å²) in [7, 11) is 2.04. The Morgan fingerprint density at radius 2 is 1.65 bits per heavy atom. The summed E-state index contributed by atoms with van der Waals surface area (Å²) in [6.07, 6.45) is 2.44. The number of halogens is 3. The van der Waals surface area contributed by atoms with Gasteiger partial charge in [0, 0.05) is 29.8 Å². The first-order chi connectivity index (χ1) is 7.29. The molecule has 1 N–H and O–H groups in total. The van der Waals surface area contributed by atoms with Gasteiger partial charge in [0.1, 0.15) is 0 Å². The summed E-state index contributed by atoms with van der Waals surface area (Å²) in [6, 6.07) is 8.81. The Morgan fingerprint density at radius 1 is 1.12 bits per heavy atom. The van der Waals surface area contributed by atoms with Crippen LogP contribution in [-0.2, 0) is 0 Å². The lowest BCUT2D eigenvalue weighted by molar-refractivity contribution is 0.442. The fraction of sp³-hybridized carbons (Fsp3) is 0.500. The van der Waals surface area contributed by atoms with E-state index in [4.69, 9.17) is 11.6 Å². The summed E-state index contributed by atoms with van der Waals surface area (Å²) >= 11 is 5.87. The van der Waals surface area contributed by atoms with Gasteiger partial charge in [0.2, 0.25) is 0 Å². The number of rotatable bonds is 2. The second-order valence-electron chi connectivity index (χ2n) is 4.03. The first-order valence-corrected chi connectivity index (χ1v) is 5.85. The molecule has 98 valence electrons. The van der Waals surface area contributed by atoms with Crippen molar-refractivity contribution in [3.63, 3.8) is 0 Å². The highest BCUT2D eigenvalue weighted by Gasteiger charge is 2.17. The summed E-state index contributed by atoms with van der Waals surface area (Å²) in [5.74, 6) is 0. The number of nitrogens with one attached hydrogen (secondary N) is 1. The lowest BCUT2D eigenvalue weighted by atomic mass is 10.0. The van der Waals surface area contributed by atoms with E-state index in [2.05, 4.69) is 22.3 Å². The standard InChI is InChI=1S/C12H17ClN2.2ClH/c1-14-11-6-8-15(9-7-11)12-4-2-10(13)3-5-12;;/h2-5,11,14H,6-9H2,1H3;2*1H. The van der Waals surface area contributed by atoms with Crippen LogP contribution in [0, 0.1) is 0 Å². The summed E-state index contributed by atoms with van der Waals surface area (Å²) in [6.45, 7) is 2.26. The van der Waals surface area contributed by atoms with Gasteiger partial charge in [-0.3, -0.25) is 0 Å². The highest BCUT2D eigenvalue weighted by molar-refractivity contribution is 6.30. The molecule has 5 heteroatoms. The molecule has 17 heavy (non-hydrogen) atoms. The Labute approximate surface area is 121 Å². The predicted octanol–water partition coefficient (Wildman–Crippen LogP) is 3.37. The average Bonchev–Trinajstić information content (AvgIpc) is 2.30. The van der Waals surface area contributed by atoms with Crippen molar-refractivity contribution in [1.82, 2.24) is 5.32 Å². The quantitative estimate of drug-likeness (QED) is 0.900. The molecule has 1 aromatic rings. The lowest BCUT2D eigenvalue weighted by Crippen LogP contribution is -2.41. The SMILES string of the molecule is CNC1CCN(c2ccc(Cl)cc2)CC1.Cl.Cl. The fourth-order valence-corrected chi connectivity index (χ4v) is 2.20. The molecule has 0 bridgehead atoms.